The maximum absolute atomic E-state index is 12.2. The molecule has 2 rings (SSSR count). The molecule has 2 aromatic carbocycles. The van der Waals surface area contributed by atoms with Gasteiger partial charge in [0, 0.05) is 0 Å². The Morgan fingerprint density at radius 1 is 0.688 bits per heavy atom. The molecule has 16 heavy (non-hydrogen) atoms. The Balaban J connectivity index is 2.28. The first-order chi connectivity index (χ1) is 7.66. The van der Waals surface area contributed by atoms with Gasteiger partial charge in [0.2, 0.25) is 0 Å². The van der Waals surface area contributed by atoms with E-state index in [9.17, 15) is 5.11 Å². The highest BCUT2D eigenvalue weighted by molar-refractivity contribution is 5.32. The Morgan fingerprint density at radius 3 is 1.31 bits per heavy atom. The van der Waals surface area contributed by atoms with Crippen LogP contribution < -0.4 is 0 Å². The molecule has 0 atom stereocenters. The number of hydrogen-bond donors (Lipinski definition) is 0. The van der Waals surface area contributed by atoms with Gasteiger partial charge < -0.3 is 0 Å². The van der Waals surface area contributed by atoms with Crippen molar-refractivity contribution in [3.63, 3.8) is 0 Å². The monoisotopic (exact) mass is 211 g/mol. The summed E-state index contributed by atoms with van der Waals surface area (Å²) in [6, 6.07) is 15.6. The molecule has 0 aromatic heterocycles. The van der Waals surface area contributed by atoms with Crippen LogP contribution in [-0.2, 0) is 5.11 Å². The number of hydrogen-bond acceptors (Lipinski definition) is 0. The zero-order valence-corrected chi connectivity index (χ0v) is 9.60. The molecule has 0 bridgehead atoms. The van der Waals surface area contributed by atoms with Crippen LogP contribution in [0.5, 0.6) is 0 Å². The molecule has 0 N–H and O–H groups in total. The van der Waals surface area contributed by atoms with Crippen LogP contribution in [-0.4, -0.2) is 0 Å². The van der Waals surface area contributed by atoms with Crippen LogP contribution in [0.4, 0.5) is 0 Å². The van der Waals surface area contributed by atoms with Crippen LogP contribution in [0.2, 0.25) is 0 Å². The van der Waals surface area contributed by atoms with E-state index in [1.54, 1.807) is 0 Å². The molecule has 81 valence electrons. The quantitative estimate of drug-likeness (QED) is 0.719. The lowest BCUT2D eigenvalue weighted by atomic mass is 10.00. The largest absolute Gasteiger partial charge is 0.223 e. The van der Waals surface area contributed by atoms with Crippen molar-refractivity contribution in [2.45, 2.75) is 20.0 Å². The fraction of sp³-hybridized carbons (Fsp3) is 0.200. The fourth-order valence-electron chi connectivity index (χ4n) is 1.67. The lowest BCUT2D eigenvalue weighted by molar-refractivity contribution is 0.124. The van der Waals surface area contributed by atoms with Gasteiger partial charge in [-0.15, -0.1) is 0 Å². The van der Waals surface area contributed by atoms with Gasteiger partial charge in [0.1, 0.15) is 6.10 Å². The minimum absolute atomic E-state index is 0.777. The van der Waals surface area contributed by atoms with E-state index in [0.29, 0.717) is 0 Å². The average molecular weight is 211 g/mol. The van der Waals surface area contributed by atoms with Crippen molar-refractivity contribution in [1.82, 2.24) is 0 Å². The highest BCUT2D eigenvalue weighted by Crippen LogP contribution is 2.22. The first kappa shape index (κ1) is 10.9. The second kappa shape index (κ2) is 4.50. The zero-order valence-electron chi connectivity index (χ0n) is 9.60. The van der Waals surface area contributed by atoms with Crippen molar-refractivity contribution in [2.24, 2.45) is 0 Å². The Morgan fingerprint density at radius 2 is 1.00 bits per heavy atom. The molecule has 0 unspecified atom stereocenters. The van der Waals surface area contributed by atoms with Gasteiger partial charge in [0.25, 0.3) is 0 Å². The molecular formula is C15H15O. The van der Waals surface area contributed by atoms with E-state index in [0.717, 1.165) is 11.1 Å². The van der Waals surface area contributed by atoms with Crippen LogP contribution in [0.3, 0.4) is 0 Å². The summed E-state index contributed by atoms with van der Waals surface area (Å²) in [6.07, 6.45) is -0.777. The molecule has 1 radical (unpaired) electrons. The molecule has 2 aromatic rings. The Kier molecular flexibility index (Phi) is 3.07. The van der Waals surface area contributed by atoms with E-state index < -0.39 is 6.10 Å². The molecule has 0 heterocycles. The molecule has 0 aliphatic heterocycles. The lowest BCUT2D eigenvalue weighted by Crippen LogP contribution is -1.97. The summed E-state index contributed by atoms with van der Waals surface area (Å²) < 4.78 is 0. The van der Waals surface area contributed by atoms with Crippen LogP contribution in [0.15, 0.2) is 48.5 Å². The SMILES string of the molecule is Cc1ccc(C([O])c2ccc(C)cc2)cc1. The number of benzene rings is 2. The normalized spacial score (nSPS) is 10.8. The van der Waals surface area contributed by atoms with Crippen LogP contribution in [0.1, 0.15) is 28.4 Å². The molecule has 1 heteroatoms. The van der Waals surface area contributed by atoms with Gasteiger partial charge in [-0.1, -0.05) is 59.7 Å². The van der Waals surface area contributed by atoms with E-state index in [1.165, 1.54) is 11.1 Å². The molecular weight excluding hydrogens is 196 g/mol. The Bertz CT molecular complexity index is 408. The summed E-state index contributed by atoms with van der Waals surface area (Å²) >= 11 is 0. The Labute approximate surface area is 96.4 Å². The summed E-state index contributed by atoms with van der Waals surface area (Å²) in [5, 5.41) is 12.2. The second-order valence-corrected chi connectivity index (χ2v) is 4.20. The molecule has 0 saturated heterocycles. The van der Waals surface area contributed by atoms with E-state index in [-0.39, 0.29) is 0 Å². The van der Waals surface area contributed by atoms with E-state index in [2.05, 4.69) is 0 Å². The van der Waals surface area contributed by atoms with E-state index in [1.807, 2.05) is 62.4 Å². The third-order valence-corrected chi connectivity index (χ3v) is 2.76. The highest BCUT2D eigenvalue weighted by atomic mass is 16.3. The molecule has 0 aliphatic carbocycles. The minimum Gasteiger partial charge on any atom is -0.223 e. The van der Waals surface area contributed by atoms with E-state index in [4.69, 9.17) is 0 Å². The van der Waals surface area contributed by atoms with Gasteiger partial charge in [-0.3, -0.25) is 0 Å². The first-order valence-corrected chi connectivity index (χ1v) is 5.46. The molecule has 0 fully saturated rings. The third-order valence-electron chi connectivity index (χ3n) is 2.76. The number of rotatable bonds is 2. The number of aryl methyl sites for hydroxylation is 2. The maximum atomic E-state index is 12.2. The molecule has 0 saturated carbocycles. The van der Waals surface area contributed by atoms with Gasteiger partial charge in [-0.05, 0) is 25.0 Å². The van der Waals surface area contributed by atoms with Crippen molar-refractivity contribution >= 4 is 0 Å². The van der Waals surface area contributed by atoms with Crippen molar-refractivity contribution < 1.29 is 5.11 Å². The van der Waals surface area contributed by atoms with Crippen LogP contribution >= 0.6 is 0 Å². The molecule has 0 amide bonds. The van der Waals surface area contributed by atoms with E-state index >= 15 is 0 Å². The molecule has 1 nitrogen and oxygen atoms in total. The predicted molar refractivity (Wildman–Crippen MR) is 64.9 cm³/mol. The van der Waals surface area contributed by atoms with Gasteiger partial charge in [0.05, 0.1) is 0 Å². The summed E-state index contributed by atoms with van der Waals surface area (Å²) in [5.41, 5.74) is 4.02. The van der Waals surface area contributed by atoms with Crippen molar-refractivity contribution in [2.75, 3.05) is 0 Å². The van der Waals surface area contributed by atoms with Crippen molar-refractivity contribution in [3.8, 4) is 0 Å². The smallest absolute Gasteiger partial charge is 0.143 e. The topological polar surface area (TPSA) is 19.9 Å². The first-order valence-electron chi connectivity index (χ1n) is 5.46. The molecule has 0 aliphatic rings. The van der Waals surface area contributed by atoms with Gasteiger partial charge >= 0.3 is 0 Å². The highest BCUT2D eigenvalue weighted by Gasteiger charge is 2.11. The van der Waals surface area contributed by atoms with Crippen LogP contribution in [0.25, 0.3) is 0 Å². The van der Waals surface area contributed by atoms with Gasteiger partial charge in [0.15, 0.2) is 0 Å². The maximum Gasteiger partial charge on any atom is 0.143 e. The van der Waals surface area contributed by atoms with Crippen molar-refractivity contribution in [1.29, 1.82) is 0 Å². The van der Waals surface area contributed by atoms with Gasteiger partial charge in [-0.25, -0.2) is 5.11 Å². The summed E-state index contributed by atoms with van der Waals surface area (Å²) in [4.78, 5) is 0. The second-order valence-electron chi connectivity index (χ2n) is 4.20. The fourth-order valence-corrected chi connectivity index (χ4v) is 1.67. The summed E-state index contributed by atoms with van der Waals surface area (Å²) in [7, 11) is 0. The van der Waals surface area contributed by atoms with Gasteiger partial charge in [-0.2, -0.15) is 0 Å². The van der Waals surface area contributed by atoms with Crippen molar-refractivity contribution in [3.05, 3.63) is 70.8 Å². The summed E-state index contributed by atoms with van der Waals surface area (Å²) in [5.74, 6) is 0. The standard InChI is InChI=1S/C15H15O/c1-11-3-7-13(8-4-11)15(16)14-9-5-12(2)6-10-14/h3-10,15H,1-2H3. The zero-order chi connectivity index (χ0) is 11.5. The Hall–Kier alpha value is -1.60. The average Bonchev–Trinajstić information content (AvgIpc) is 2.30. The third kappa shape index (κ3) is 2.31. The van der Waals surface area contributed by atoms with Crippen LogP contribution in [0, 0.1) is 13.8 Å². The summed E-state index contributed by atoms with van der Waals surface area (Å²) in [6.45, 7) is 4.05. The molecule has 0 spiro atoms. The lowest BCUT2D eigenvalue weighted by Gasteiger charge is -2.09. The minimum atomic E-state index is -0.777. The predicted octanol–water partition coefficient (Wildman–Crippen LogP) is 3.82.